The summed E-state index contributed by atoms with van der Waals surface area (Å²) in [6.45, 7) is 0.512. The Labute approximate surface area is 118 Å². The van der Waals surface area contributed by atoms with Crippen LogP contribution in [0.3, 0.4) is 0 Å². The van der Waals surface area contributed by atoms with Crippen LogP contribution in [0.5, 0.6) is 5.75 Å². The number of hydrogen-bond acceptors (Lipinski definition) is 3. The molecule has 106 valence electrons. The number of aliphatic hydroxyl groups excluding tert-OH is 1. The lowest BCUT2D eigenvalue weighted by Gasteiger charge is -2.17. The van der Waals surface area contributed by atoms with E-state index in [9.17, 15) is 9.50 Å². The molecule has 0 fully saturated rings. The summed E-state index contributed by atoms with van der Waals surface area (Å²) in [6, 6.07) is 14.2. The molecule has 0 aliphatic rings. The molecule has 3 nitrogen and oxygen atoms in total. The van der Waals surface area contributed by atoms with Crippen LogP contribution in [0.25, 0.3) is 0 Å². The summed E-state index contributed by atoms with van der Waals surface area (Å²) in [7, 11) is 1.43. The third-order valence-corrected chi connectivity index (χ3v) is 3.16. The molecule has 0 heterocycles. The molecule has 2 aromatic carbocycles. The third kappa shape index (κ3) is 3.56. The van der Waals surface area contributed by atoms with E-state index in [1.807, 2.05) is 30.3 Å². The van der Waals surface area contributed by atoms with Crippen molar-refractivity contribution in [1.82, 2.24) is 5.32 Å². The predicted octanol–water partition coefficient (Wildman–Crippen LogP) is 2.66. The van der Waals surface area contributed by atoms with Crippen molar-refractivity contribution in [3.05, 3.63) is 65.5 Å². The zero-order valence-corrected chi connectivity index (χ0v) is 11.3. The summed E-state index contributed by atoms with van der Waals surface area (Å²) in [5.41, 5.74) is 1.81. The largest absolute Gasteiger partial charge is 0.494 e. The molecule has 1 atom stereocenters. The Hall–Kier alpha value is -1.91. The topological polar surface area (TPSA) is 41.5 Å². The summed E-state index contributed by atoms with van der Waals surface area (Å²) in [6.07, 6.45) is 0. The molecule has 4 heteroatoms. The Morgan fingerprint density at radius 1 is 1.20 bits per heavy atom. The van der Waals surface area contributed by atoms with E-state index < -0.39 is 5.82 Å². The molecule has 2 N–H and O–H groups in total. The highest BCUT2D eigenvalue weighted by Gasteiger charge is 2.12. The molecule has 2 rings (SSSR count). The minimum Gasteiger partial charge on any atom is -0.494 e. The Kier molecular flexibility index (Phi) is 5.09. The van der Waals surface area contributed by atoms with Gasteiger partial charge in [-0.1, -0.05) is 36.4 Å². The minimum atomic E-state index is -0.426. The smallest absolute Gasteiger partial charge is 0.165 e. The van der Waals surface area contributed by atoms with Crippen LogP contribution in [0.15, 0.2) is 48.5 Å². The maximum absolute atomic E-state index is 13.7. The van der Waals surface area contributed by atoms with Crippen molar-refractivity contribution < 1.29 is 14.2 Å². The molecule has 2 aromatic rings. The van der Waals surface area contributed by atoms with Gasteiger partial charge in [-0.3, -0.25) is 0 Å². The fraction of sp³-hybridized carbons (Fsp3) is 0.250. The van der Waals surface area contributed by atoms with E-state index in [2.05, 4.69) is 5.32 Å². The highest BCUT2D eigenvalue weighted by Crippen LogP contribution is 2.22. The molecule has 0 radical (unpaired) electrons. The minimum absolute atomic E-state index is 0.0986. The van der Waals surface area contributed by atoms with Crippen LogP contribution in [0.4, 0.5) is 4.39 Å². The molecular weight excluding hydrogens is 257 g/mol. The maximum Gasteiger partial charge on any atom is 0.165 e. The van der Waals surface area contributed by atoms with Gasteiger partial charge in [0.1, 0.15) is 0 Å². The van der Waals surface area contributed by atoms with Crippen LogP contribution in [0, 0.1) is 5.82 Å². The van der Waals surface area contributed by atoms with Crippen LogP contribution in [-0.4, -0.2) is 18.8 Å². The van der Waals surface area contributed by atoms with E-state index in [1.165, 1.54) is 13.2 Å². The SMILES string of the molecule is COc1ccc(C(CO)NCc2ccccc2)cc1F. The van der Waals surface area contributed by atoms with Gasteiger partial charge in [0.25, 0.3) is 0 Å². The number of ether oxygens (including phenoxy) is 1. The zero-order valence-electron chi connectivity index (χ0n) is 11.3. The van der Waals surface area contributed by atoms with Gasteiger partial charge >= 0.3 is 0 Å². The van der Waals surface area contributed by atoms with Gasteiger partial charge in [0.05, 0.1) is 19.8 Å². The first-order chi connectivity index (χ1) is 9.74. The monoisotopic (exact) mass is 275 g/mol. The Balaban J connectivity index is 2.06. The molecule has 20 heavy (non-hydrogen) atoms. The fourth-order valence-electron chi connectivity index (χ4n) is 2.02. The van der Waals surface area contributed by atoms with Crippen LogP contribution in [-0.2, 0) is 6.54 Å². The van der Waals surface area contributed by atoms with Gasteiger partial charge in [-0.05, 0) is 23.3 Å². The summed E-state index contributed by atoms with van der Waals surface area (Å²) in [5, 5.41) is 12.7. The number of rotatable bonds is 6. The molecular formula is C16H18FNO2. The van der Waals surface area contributed by atoms with Crippen LogP contribution < -0.4 is 10.1 Å². The average molecular weight is 275 g/mol. The second-order valence-electron chi connectivity index (χ2n) is 4.50. The van der Waals surface area contributed by atoms with Gasteiger partial charge < -0.3 is 15.2 Å². The van der Waals surface area contributed by atoms with Crippen molar-refractivity contribution in [2.45, 2.75) is 12.6 Å². The van der Waals surface area contributed by atoms with E-state index in [-0.39, 0.29) is 18.4 Å². The number of hydrogen-bond donors (Lipinski definition) is 2. The number of halogens is 1. The molecule has 0 spiro atoms. The number of nitrogens with one attached hydrogen (secondary N) is 1. The van der Waals surface area contributed by atoms with E-state index in [4.69, 9.17) is 4.74 Å². The van der Waals surface area contributed by atoms with E-state index in [0.717, 1.165) is 5.56 Å². The van der Waals surface area contributed by atoms with Gasteiger partial charge in [0.15, 0.2) is 11.6 Å². The number of aliphatic hydroxyl groups is 1. The number of benzene rings is 2. The maximum atomic E-state index is 13.7. The van der Waals surface area contributed by atoms with Crippen LogP contribution in [0.1, 0.15) is 17.2 Å². The third-order valence-electron chi connectivity index (χ3n) is 3.16. The lowest BCUT2D eigenvalue weighted by molar-refractivity contribution is 0.243. The van der Waals surface area contributed by atoms with Crippen LogP contribution >= 0.6 is 0 Å². The summed E-state index contributed by atoms with van der Waals surface area (Å²) in [5.74, 6) is -0.224. The molecule has 0 saturated heterocycles. The first kappa shape index (κ1) is 14.5. The molecule has 0 aliphatic heterocycles. The van der Waals surface area contributed by atoms with Crippen molar-refractivity contribution in [3.8, 4) is 5.75 Å². The summed E-state index contributed by atoms with van der Waals surface area (Å²) in [4.78, 5) is 0. The highest BCUT2D eigenvalue weighted by molar-refractivity contribution is 5.31. The van der Waals surface area contributed by atoms with E-state index in [1.54, 1.807) is 12.1 Å². The van der Waals surface area contributed by atoms with Gasteiger partial charge in [0, 0.05) is 6.54 Å². The molecule has 0 aromatic heterocycles. The fourth-order valence-corrected chi connectivity index (χ4v) is 2.02. The lowest BCUT2D eigenvalue weighted by atomic mass is 10.1. The van der Waals surface area contributed by atoms with E-state index >= 15 is 0 Å². The lowest BCUT2D eigenvalue weighted by Crippen LogP contribution is -2.24. The van der Waals surface area contributed by atoms with Gasteiger partial charge in [-0.2, -0.15) is 0 Å². The normalized spacial score (nSPS) is 12.2. The van der Waals surface area contributed by atoms with Crippen molar-refractivity contribution in [1.29, 1.82) is 0 Å². The molecule has 1 unspecified atom stereocenters. The van der Waals surface area contributed by atoms with Crippen molar-refractivity contribution >= 4 is 0 Å². The van der Waals surface area contributed by atoms with E-state index in [0.29, 0.717) is 12.1 Å². The first-order valence-electron chi connectivity index (χ1n) is 6.46. The Morgan fingerprint density at radius 3 is 2.55 bits per heavy atom. The van der Waals surface area contributed by atoms with Crippen molar-refractivity contribution in [3.63, 3.8) is 0 Å². The number of methoxy groups -OCH3 is 1. The predicted molar refractivity (Wildman–Crippen MR) is 76.1 cm³/mol. The van der Waals surface area contributed by atoms with Crippen LogP contribution in [0.2, 0.25) is 0 Å². The molecule has 0 bridgehead atoms. The zero-order chi connectivity index (χ0) is 14.4. The Bertz CT molecular complexity index is 545. The molecule has 0 amide bonds. The second kappa shape index (κ2) is 7.03. The second-order valence-corrected chi connectivity index (χ2v) is 4.50. The molecule has 0 aliphatic carbocycles. The standard InChI is InChI=1S/C16H18FNO2/c1-20-16-8-7-13(9-14(16)17)15(11-19)18-10-12-5-3-2-4-6-12/h2-9,15,18-19H,10-11H2,1H3. The van der Waals surface area contributed by atoms with Gasteiger partial charge in [-0.15, -0.1) is 0 Å². The van der Waals surface area contributed by atoms with Gasteiger partial charge in [0.2, 0.25) is 0 Å². The highest BCUT2D eigenvalue weighted by atomic mass is 19.1. The molecule has 0 saturated carbocycles. The van der Waals surface area contributed by atoms with Crippen molar-refractivity contribution in [2.75, 3.05) is 13.7 Å². The average Bonchev–Trinajstić information content (AvgIpc) is 2.49. The quantitative estimate of drug-likeness (QED) is 0.851. The summed E-state index contributed by atoms with van der Waals surface area (Å²) < 4.78 is 18.6. The Morgan fingerprint density at radius 2 is 1.95 bits per heavy atom. The first-order valence-corrected chi connectivity index (χ1v) is 6.46. The van der Waals surface area contributed by atoms with Gasteiger partial charge in [-0.25, -0.2) is 4.39 Å². The van der Waals surface area contributed by atoms with Crippen molar-refractivity contribution in [2.24, 2.45) is 0 Å². The summed E-state index contributed by atoms with van der Waals surface area (Å²) >= 11 is 0.